The van der Waals surface area contributed by atoms with Crippen LogP contribution in [-0.2, 0) is 19.4 Å². The molecule has 5 rings (SSSR count). The molecule has 8 heteroatoms. The molecule has 2 amide bonds. The highest BCUT2D eigenvalue weighted by molar-refractivity contribution is 7.19. The lowest BCUT2D eigenvalue weighted by atomic mass is 10.0. The molecule has 0 radical (unpaired) electrons. The first kappa shape index (κ1) is 24.0. The van der Waals surface area contributed by atoms with Gasteiger partial charge in [0.15, 0.2) is 0 Å². The van der Waals surface area contributed by atoms with Gasteiger partial charge in [0.05, 0.1) is 5.39 Å². The number of hydrogen-bond donors (Lipinski definition) is 1. The number of amides is 2. The number of rotatable bonds is 5. The molecular formula is C27H36N6OS. The molecule has 186 valence electrons. The summed E-state index contributed by atoms with van der Waals surface area (Å²) in [6.45, 7) is 14.8. The molecular weight excluding hydrogens is 456 g/mol. The van der Waals surface area contributed by atoms with Gasteiger partial charge in [-0.15, -0.1) is 11.3 Å². The van der Waals surface area contributed by atoms with E-state index in [1.807, 2.05) is 28.4 Å². The number of benzene rings is 1. The monoisotopic (exact) mass is 492 g/mol. The van der Waals surface area contributed by atoms with Gasteiger partial charge in [-0.05, 0) is 42.6 Å². The van der Waals surface area contributed by atoms with Crippen molar-refractivity contribution < 1.29 is 4.79 Å². The Balaban J connectivity index is 1.36. The first-order valence-corrected chi connectivity index (χ1v) is 13.7. The molecule has 3 aromatic rings. The van der Waals surface area contributed by atoms with Crippen molar-refractivity contribution in [1.82, 2.24) is 19.8 Å². The molecule has 0 unspecified atom stereocenters. The Morgan fingerprint density at radius 2 is 1.91 bits per heavy atom. The summed E-state index contributed by atoms with van der Waals surface area (Å²) in [5, 5.41) is 4.33. The van der Waals surface area contributed by atoms with Crippen LogP contribution < -0.4 is 10.2 Å². The third-order valence-electron chi connectivity index (χ3n) is 7.19. The number of urea groups is 1. The van der Waals surface area contributed by atoms with Crippen LogP contribution in [-0.4, -0.2) is 65.1 Å². The first-order chi connectivity index (χ1) is 17.0. The number of aryl methyl sites for hydroxylation is 1. The van der Waals surface area contributed by atoms with E-state index in [-0.39, 0.29) is 11.9 Å². The predicted octanol–water partition coefficient (Wildman–Crippen LogP) is 5.11. The Hall–Kier alpha value is -2.71. The minimum absolute atomic E-state index is 0.0267. The van der Waals surface area contributed by atoms with E-state index in [4.69, 9.17) is 9.97 Å². The van der Waals surface area contributed by atoms with Crippen LogP contribution in [0.3, 0.4) is 0 Å². The predicted molar refractivity (Wildman–Crippen MR) is 145 cm³/mol. The topological polar surface area (TPSA) is 64.6 Å². The zero-order chi connectivity index (χ0) is 24.5. The number of carbonyl (C=O) groups is 1. The molecule has 35 heavy (non-hydrogen) atoms. The fourth-order valence-electron chi connectivity index (χ4n) is 4.99. The van der Waals surface area contributed by atoms with E-state index in [1.54, 1.807) is 0 Å². The van der Waals surface area contributed by atoms with Gasteiger partial charge in [0, 0.05) is 55.8 Å². The zero-order valence-corrected chi connectivity index (χ0v) is 22.1. The normalized spacial score (nSPS) is 16.7. The highest BCUT2D eigenvalue weighted by atomic mass is 32.1. The lowest BCUT2D eigenvalue weighted by Crippen LogP contribution is -2.50. The second-order valence-electron chi connectivity index (χ2n) is 9.82. The number of piperazine rings is 1. The van der Waals surface area contributed by atoms with E-state index >= 15 is 0 Å². The van der Waals surface area contributed by atoms with Gasteiger partial charge < -0.3 is 15.1 Å². The SMILES string of the molecule is CCc1cccc(NC(=O)N2CCN(c3nc(C(C)C)nc4sc5c(c34)CCN(CC)C5)CC2)c1. The maximum absolute atomic E-state index is 12.9. The summed E-state index contributed by atoms with van der Waals surface area (Å²) in [7, 11) is 0. The Bertz CT molecular complexity index is 1210. The van der Waals surface area contributed by atoms with Crippen molar-refractivity contribution in [3.05, 3.63) is 46.1 Å². The van der Waals surface area contributed by atoms with Crippen molar-refractivity contribution in [3.63, 3.8) is 0 Å². The molecule has 2 aromatic heterocycles. The Morgan fingerprint density at radius 1 is 1.11 bits per heavy atom. The molecule has 0 aliphatic carbocycles. The maximum Gasteiger partial charge on any atom is 0.321 e. The number of carbonyl (C=O) groups excluding carboxylic acids is 1. The number of hydrogen-bond acceptors (Lipinski definition) is 6. The van der Waals surface area contributed by atoms with Gasteiger partial charge in [0.25, 0.3) is 0 Å². The molecule has 0 atom stereocenters. The van der Waals surface area contributed by atoms with E-state index < -0.39 is 0 Å². The Labute approximate surface area is 212 Å². The number of fused-ring (bicyclic) bond motifs is 3. The number of nitrogens with one attached hydrogen (secondary N) is 1. The van der Waals surface area contributed by atoms with Crippen molar-refractivity contribution in [3.8, 4) is 0 Å². The van der Waals surface area contributed by atoms with E-state index in [1.165, 1.54) is 21.4 Å². The molecule has 1 saturated heterocycles. The summed E-state index contributed by atoms with van der Waals surface area (Å²) >= 11 is 1.84. The average Bonchev–Trinajstić information content (AvgIpc) is 3.26. The fourth-order valence-corrected chi connectivity index (χ4v) is 6.26. The number of likely N-dealkylation sites (N-methyl/N-ethyl adjacent to an activating group) is 1. The summed E-state index contributed by atoms with van der Waals surface area (Å²) in [5.74, 6) is 2.25. The summed E-state index contributed by atoms with van der Waals surface area (Å²) in [6, 6.07) is 8.07. The Kier molecular flexibility index (Phi) is 6.93. The van der Waals surface area contributed by atoms with Gasteiger partial charge >= 0.3 is 6.03 Å². The summed E-state index contributed by atoms with van der Waals surface area (Å²) < 4.78 is 0. The van der Waals surface area contributed by atoms with E-state index in [2.05, 4.69) is 54.9 Å². The van der Waals surface area contributed by atoms with Crippen molar-refractivity contribution in [2.75, 3.05) is 49.5 Å². The fraction of sp³-hybridized carbons (Fsp3) is 0.519. The first-order valence-electron chi connectivity index (χ1n) is 12.9. The summed E-state index contributed by atoms with van der Waals surface area (Å²) in [6.07, 6.45) is 2.01. The van der Waals surface area contributed by atoms with Crippen molar-refractivity contribution in [1.29, 1.82) is 0 Å². The maximum atomic E-state index is 12.9. The second kappa shape index (κ2) is 10.1. The van der Waals surface area contributed by atoms with Crippen molar-refractivity contribution in [2.45, 2.75) is 53.0 Å². The average molecular weight is 493 g/mol. The molecule has 0 spiro atoms. The minimum Gasteiger partial charge on any atom is -0.352 e. The lowest BCUT2D eigenvalue weighted by molar-refractivity contribution is 0.208. The summed E-state index contributed by atoms with van der Waals surface area (Å²) in [4.78, 5) is 32.4. The molecule has 0 bridgehead atoms. The molecule has 1 fully saturated rings. The van der Waals surface area contributed by atoms with Gasteiger partial charge in [0.1, 0.15) is 16.5 Å². The molecule has 2 aliphatic rings. The smallest absolute Gasteiger partial charge is 0.321 e. The lowest BCUT2D eigenvalue weighted by Gasteiger charge is -2.36. The number of thiophene rings is 1. The van der Waals surface area contributed by atoms with Crippen molar-refractivity contribution >= 4 is 39.1 Å². The molecule has 2 aliphatic heterocycles. The van der Waals surface area contributed by atoms with E-state index in [0.29, 0.717) is 13.1 Å². The molecule has 4 heterocycles. The molecule has 1 N–H and O–H groups in total. The van der Waals surface area contributed by atoms with Gasteiger partial charge in [-0.1, -0.05) is 39.8 Å². The van der Waals surface area contributed by atoms with Crippen LogP contribution in [0.4, 0.5) is 16.3 Å². The largest absolute Gasteiger partial charge is 0.352 e. The van der Waals surface area contributed by atoms with Crippen LogP contribution in [0.2, 0.25) is 0 Å². The number of nitrogens with zero attached hydrogens (tertiary/aromatic N) is 5. The van der Waals surface area contributed by atoms with Gasteiger partial charge in [0.2, 0.25) is 0 Å². The van der Waals surface area contributed by atoms with Crippen LogP contribution >= 0.6 is 11.3 Å². The second-order valence-corrected chi connectivity index (χ2v) is 10.9. The number of anilines is 2. The van der Waals surface area contributed by atoms with Crippen LogP contribution in [0.15, 0.2) is 24.3 Å². The highest BCUT2D eigenvalue weighted by Crippen LogP contribution is 2.39. The standard InChI is InChI=1S/C27H36N6OS/c1-5-19-8-7-9-20(16-19)28-27(34)33-14-12-32(13-15-33)25-23-21-10-11-31(6-2)17-22(21)35-26(23)30-24(29-25)18(3)4/h7-9,16,18H,5-6,10-15,17H2,1-4H3,(H,28,34). The number of aromatic nitrogens is 2. The quantitative estimate of drug-likeness (QED) is 0.536. The molecule has 7 nitrogen and oxygen atoms in total. The van der Waals surface area contributed by atoms with Crippen LogP contribution in [0.25, 0.3) is 10.2 Å². The van der Waals surface area contributed by atoms with Crippen molar-refractivity contribution in [2.24, 2.45) is 0 Å². The molecule has 1 aromatic carbocycles. The van der Waals surface area contributed by atoms with E-state index in [0.717, 1.165) is 67.7 Å². The van der Waals surface area contributed by atoms with Gasteiger partial charge in [-0.3, -0.25) is 4.90 Å². The minimum atomic E-state index is -0.0267. The van der Waals surface area contributed by atoms with Gasteiger partial charge in [-0.25, -0.2) is 14.8 Å². The van der Waals surface area contributed by atoms with Crippen LogP contribution in [0.1, 0.15) is 55.4 Å². The van der Waals surface area contributed by atoms with E-state index in [9.17, 15) is 4.79 Å². The van der Waals surface area contributed by atoms with Crippen LogP contribution in [0.5, 0.6) is 0 Å². The Morgan fingerprint density at radius 3 is 2.63 bits per heavy atom. The third kappa shape index (κ3) is 4.86. The molecule has 0 saturated carbocycles. The summed E-state index contributed by atoms with van der Waals surface area (Å²) in [5.41, 5.74) is 3.53. The zero-order valence-electron chi connectivity index (χ0n) is 21.3. The van der Waals surface area contributed by atoms with Crippen LogP contribution in [0, 0.1) is 0 Å². The third-order valence-corrected chi connectivity index (χ3v) is 8.30. The van der Waals surface area contributed by atoms with Gasteiger partial charge in [-0.2, -0.15) is 0 Å². The highest BCUT2D eigenvalue weighted by Gasteiger charge is 2.29.